The van der Waals surface area contributed by atoms with Gasteiger partial charge in [0.1, 0.15) is 5.52 Å². The number of piperidine rings is 1. The van der Waals surface area contributed by atoms with E-state index >= 15 is 0 Å². The molecule has 1 atom stereocenters. The van der Waals surface area contributed by atoms with Gasteiger partial charge in [-0.05, 0) is 72.0 Å². The smallest absolute Gasteiger partial charge is 0.241 e. The number of aliphatic hydroxyl groups is 1. The highest BCUT2D eigenvalue weighted by Crippen LogP contribution is 2.38. The average molecular weight is 457 g/mol. The molecule has 0 radical (unpaired) electrons. The van der Waals surface area contributed by atoms with Gasteiger partial charge in [0.15, 0.2) is 0 Å². The molecule has 2 fully saturated rings. The van der Waals surface area contributed by atoms with E-state index in [1.165, 1.54) is 43.5 Å². The molecule has 7 heteroatoms. The first-order valence-electron chi connectivity index (χ1n) is 13.2. The average Bonchev–Trinajstić information content (AvgIpc) is 3.18. The number of nitrogens with zero attached hydrogens (tertiary/aromatic N) is 5. The van der Waals surface area contributed by atoms with Gasteiger partial charge in [-0.25, -0.2) is 9.50 Å². The van der Waals surface area contributed by atoms with Crippen molar-refractivity contribution >= 4 is 17.2 Å². The fourth-order valence-corrected chi connectivity index (χ4v) is 5.60. The van der Waals surface area contributed by atoms with Gasteiger partial charge < -0.3 is 20.2 Å². The number of rotatable bonds is 9. The standard InChI is InChI=1S/C26H44N6O/c1-5-6-7-8-19(2)28-26-27-18-25-24(31-15-13-21(14-16-31)30(3)4)17-23(32(25)29-26)20-9-11-22(33)12-10-20/h17-22,33H,5-16H2,1-4H3,(H,28,29)/t19-,20-,22-/m0/s1. The normalized spacial score (nSPS) is 23.4. The van der Waals surface area contributed by atoms with Crippen molar-refractivity contribution in [3.8, 4) is 0 Å². The Morgan fingerprint density at radius 1 is 1.12 bits per heavy atom. The topological polar surface area (TPSA) is 68.9 Å². The second kappa shape index (κ2) is 11.0. The van der Waals surface area contributed by atoms with Crippen LogP contribution in [0.15, 0.2) is 12.3 Å². The molecule has 0 unspecified atom stereocenters. The molecule has 1 aliphatic carbocycles. The summed E-state index contributed by atoms with van der Waals surface area (Å²) < 4.78 is 2.16. The van der Waals surface area contributed by atoms with Crippen molar-refractivity contribution in [1.29, 1.82) is 0 Å². The Hall–Kier alpha value is -1.86. The van der Waals surface area contributed by atoms with Crippen LogP contribution < -0.4 is 10.2 Å². The molecule has 33 heavy (non-hydrogen) atoms. The fraction of sp³-hybridized carbons (Fsp3) is 0.769. The highest BCUT2D eigenvalue weighted by Gasteiger charge is 2.28. The van der Waals surface area contributed by atoms with Gasteiger partial charge in [-0.15, -0.1) is 5.10 Å². The van der Waals surface area contributed by atoms with Crippen LogP contribution in [-0.2, 0) is 0 Å². The number of aliphatic hydroxyl groups excluding tert-OH is 1. The van der Waals surface area contributed by atoms with Gasteiger partial charge in [0.05, 0.1) is 18.0 Å². The van der Waals surface area contributed by atoms with Crippen molar-refractivity contribution in [2.24, 2.45) is 0 Å². The van der Waals surface area contributed by atoms with E-state index in [4.69, 9.17) is 10.1 Å². The number of nitrogens with one attached hydrogen (secondary N) is 1. The van der Waals surface area contributed by atoms with E-state index in [1.54, 1.807) is 0 Å². The first-order valence-corrected chi connectivity index (χ1v) is 13.2. The first-order chi connectivity index (χ1) is 16.0. The number of hydrogen-bond donors (Lipinski definition) is 2. The SMILES string of the molecule is CCCCC[C@H](C)Nc1ncc2c(N3CCC(N(C)C)CC3)cc([C@H]3CC[C@H](O)CC3)n2n1. The Labute approximate surface area is 199 Å². The molecule has 2 N–H and O–H groups in total. The quantitative estimate of drug-likeness (QED) is 0.535. The third-order valence-electron chi connectivity index (χ3n) is 7.79. The lowest BCUT2D eigenvalue weighted by atomic mass is 9.85. The highest BCUT2D eigenvalue weighted by atomic mass is 16.3. The largest absolute Gasteiger partial charge is 0.393 e. The van der Waals surface area contributed by atoms with E-state index in [9.17, 15) is 5.11 Å². The lowest BCUT2D eigenvalue weighted by Gasteiger charge is -2.36. The fourth-order valence-electron chi connectivity index (χ4n) is 5.60. The summed E-state index contributed by atoms with van der Waals surface area (Å²) in [5.41, 5.74) is 3.67. The van der Waals surface area contributed by atoms with E-state index in [-0.39, 0.29) is 6.10 Å². The van der Waals surface area contributed by atoms with Crippen LogP contribution in [0.5, 0.6) is 0 Å². The van der Waals surface area contributed by atoms with Gasteiger partial charge in [-0.2, -0.15) is 0 Å². The molecule has 0 aromatic carbocycles. The molecule has 1 aliphatic heterocycles. The molecule has 0 amide bonds. The lowest BCUT2D eigenvalue weighted by molar-refractivity contribution is 0.121. The van der Waals surface area contributed by atoms with Gasteiger partial charge >= 0.3 is 0 Å². The predicted octanol–water partition coefficient (Wildman–Crippen LogP) is 4.66. The Kier molecular flexibility index (Phi) is 8.12. The molecular formula is C26H44N6O. The van der Waals surface area contributed by atoms with E-state index in [1.807, 2.05) is 6.20 Å². The van der Waals surface area contributed by atoms with Crippen LogP contribution in [0.3, 0.4) is 0 Å². The molecule has 0 spiro atoms. The molecule has 1 saturated carbocycles. The van der Waals surface area contributed by atoms with Gasteiger partial charge in [-0.1, -0.05) is 26.2 Å². The second-order valence-electron chi connectivity index (χ2n) is 10.6. The predicted molar refractivity (Wildman–Crippen MR) is 136 cm³/mol. The number of anilines is 2. The maximum absolute atomic E-state index is 10.0. The molecule has 7 nitrogen and oxygen atoms in total. The minimum atomic E-state index is -0.146. The zero-order valence-corrected chi connectivity index (χ0v) is 21.1. The zero-order chi connectivity index (χ0) is 23.4. The molecular weight excluding hydrogens is 412 g/mol. The minimum Gasteiger partial charge on any atom is -0.393 e. The highest BCUT2D eigenvalue weighted by molar-refractivity contribution is 5.75. The summed E-state index contributed by atoms with van der Waals surface area (Å²) in [6.07, 6.45) is 12.9. The number of aromatic nitrogens is 3. The molecule has 3 heterocycles. The van der Waals surface area contributed by atoms with Crippen LogP contribution in [0, 0.1) is 0 Å². The second-order valence-corrected chi connectivity index (χ2v) is 10.6. The number of fused-ring (bicyclic) bond motifs is 1. The summed E-state index contributed by atoms with van der Waals surface area (Å²) in [6, 6.07) is 3.40. The van der Waals surface area contributed by atoms with Crippen molar-refractivity contribution in [2.75, 3.05) is 37.4 Å². The molecule has 2 aromatic rings. The van der Waals surface area contributed by atoms with E-state index in [0.29, 0.717) is 18.0 Å². The summed E-state index contributed by atoms with van der Waals surface area (Å²) in [6.45, 7) is 6.61. The van der Waals surface area contributed by atoms with E-state index < -0.39 is 0 Å². The summed E-state index contributed by atoms with van der Waals surface area (Å²) in [5.74, 6) is 1.16. The van der Waals surface area contributed by atoms with Crippen molar-refractivity contribution in [1.82, 2.24) is 19.5 Å². The van der Waals surface area contributed by atoms with Crippen LogP contribution in [0.2, 0.25) is 0 Å². The number of unbranched alkanes of at least 4 members (excludes halogenated alkanes) is 2. The van der Waals surface area contributed by atoms with Gasteiger partial charge in [0.2, 0.25) is 5.95 Å². The van der Waals surface area contributed by atoms with Crippen molar-refractivity contribution in [2.45, 2.75) is 102 Å². The van der Waals surface area contributed by atoms with Crippen molar-refractivity contribution in [3.05, 3.63) is 18.0 Å². The maximum Gasteiger partial charge on any atom is 0.241 e. The summed E-state index contributed by atoms with van der Waals surface area (Å²) in [5, 5.41) is 18.6. The van der Waals surface area contributed by atoms with Crippen LogP contribution in [0.4, 0.5) is 11.6 Å². The van der Waals surface area contributed by atoms with Crippen LogP contribution in [0.1, 0.15) is 89.7 Å². The molecule has 184 valence electrons. The molecule has 2 aromatic heterocycles. The lowest BCUT2D eigenvalue weighted by Crippen LogP contribution is -2.41. The maximum atomic E-state index is 10.0. The first kappa shape index (κ1) is 24.3. The van der Waals surface area contributed by atoms with Gasteiger partial charge in [0.25, 0.3) is 0 Å². The summed E-state index contributed by atoms with van der Waals surface area (Å²) >= 11 is 0. The van der Waals surface area contributed by atoms with Crippen LogP contribution in [-0.4, -0.2) is 70.0 Å². The van der Waals surface area contributed by atoms with Crippen molar-refractivity contribution < 1.29 is 5.11 Å². The molecule has 2 aliphatic rings. The van der Waals surface area contributed by atoms with Crippen LogP contribution >= 0.6 is 0 Å². The van der Waals surface area contributed by atoms with Crippen molar-refractivity contribution in [3.63, 3.8) is 0 Å². The Bertz CT molecular complexity index is 880. The minimum absolute atomic E-state index is 0.146. The van der Waals surface area contributed by atoms with Gasteiger partial charge in [0, 0.05) is 36.8 Å². The summed E-state index contributed by atoms with van der Waals surface area (Å²) in [7, 11) is 4.38. The Morgan fingerprint density at radius 2 is 1.85 bits per heavy atom. The monoisotopic (exact) mass is 456 g/mol. The van der Waals surface area contributed by atoms with Crippen LogP contribution in [0.25, 0.3) is 5.52 Å². The zero-order valence-electron chi connectivity index (χ0n) is 21.1. The Morgan fingerprint density at radius 3 is 2.52 bits per heavy atom. The van der Waals surface area contributed by atoms with E-state index in [2.05, 4.69) is 53.6 Å². The molecule has 0 bridgehead atoms. The Balaban J connectivity index is 1.59. The van der Waals surface area contributed by atoms with E-state index in [0.717, 1.165) is 56.7 Å². The summed E-state index contributed by atoms with van der Waals surface area (Å²) in [4.78, 5) is 9.61. The molecule has 1 saturated heterocycles. The van der Waals surface area contributed by atoms with Gasteiger partial charge in [-0.3, -0.25) is 0 Å². The third-order valence-corrected chi connectivity index (χ3v) is 7.79. The third kappa shape index (κ3) is 5.80. The number of hydrogen-bond acceptors (Lipinski definition) is 6. The molecule has 4 rings (SSSR count).